The number of carbonyl (C=O) groups excluding carboxylic acids is 2. The van der Waals surface area contributed by atoms with Crippen molar-refractivity contribution in [2.45, 2.75) is 37.8 Å². The van der Waals surface area contributed by atoms with Crippen LogP contribution in [0.5, 0.6) is 0 Å². The van der Waals surface area contributed by atoms with Gasteiger partial charge in [0.05, 0.1) is 0 Å². The second kappa shape index (κ2) is 8.75. The van der Waals surface area contributed by atoms with Gasteiger partial charge in [-0.2, -0.15) is 5.10 Å². The molecule has 2 fully saturated rings. The van der Waals surface area contributed by atoms with Crippen LogP contribution in [-0.4, -0.2) is 41.2 Å². The molecule has 2 aromatic rings. The molecule has 0 aliphatic carbocycles. The van der Waals surface area contributed by atoms with Crippen LogP contribution in [0.4, 0.5) is 5.69 Å². The summed E-state index contributed by atoms with van der Waals surface area (Å²) in [6.45, 7) is 2.79. The SMILES string of the molecule is Cl.O=C1CCCN1c1cccc(CNC(=O)C2(n3cccn3)CCNCC2)c1. The first-order valence-electron chi connectivity index (χ1n) is 9.57. The second-order valence-corrected chi connectivity index (χ2v) is 7.23. The van der Waals surface area contributed by atoms with Crippen molar-refractivity contribution in [3.8, 4) is 0 Å². The molecule has 8 heteroatoms. The van der Waals surface area contributed by atoms with Gasteiger partial charge in [-0.1, -0.05) is 12.1 Å². The lowest BCUT2D eigenvalue weighted by Crippen LogP contribution is -2.54. The van der Waals surface area contributed by atoms with E-state index < -0.39 is 5.54 Å². The summed E-state index contributed by atoms with van der Waals surface area (Å²) in [5, 5.41) is 10.8. The maximum Gasteiger partial charge on any atom is 0.248 e. The van der Waals surface area contributed by atoms with Crippen molar-refractivity contribution in [2.24, 2.45) is 0 Å². The molecule has 0 saturated carbocycles. The van der Waals surface area contributed by atoms with Crippen molar-refractivity contribution in [3.05, 3.63) is 48.3 Å². The third-order valence-corrected chi connectivity index (χ3v) is 5.55. The maximum absolute atomic E-state index is 13.1. The Hall–Kier alpha value is -2.38. The zero-order valence-corrected chi connectivity index (χ0v) is 16.6. The Morgan fingerprint density at radius 3 is 2.75 bits per heavy atom. The van der Waals surface area contributed by atoms with E-state index in [0.29, 0.717) is 25.8 Å². The summed E-state index contributed by atoms with van der Waals surface area (Å²) in [6.07, 6.45) is 6.52. The minimum atomic E-state index is -0.642. The molecule has 2 N–H and O–H groups in total. The van der Waals surface area contributed by atoms with Crippen LogP contribution in [0.1, 0.15) is 31.2 Å². The molecule has 0 bridgehead atoms. The number of hydrogen-bond acceptors (Lipinski definition) is 4. The molecule has 2 aliphatic rings. The van der Waals surface area contributed by atoms with E-state index in [1.54, 1.807) is 10.9 Å². The number of benzene rings is 1. The van der Waals surface area contributed by atoms with Gasteiger partial charge in [0.1, 0.15) is 5.54 Å². The number of anilines is 1. The Labute approximate surface area is 170 Å². The Kier molecular flexibility index (Phi) is 6.36. The van der Waals surface area contributed by atoms with Gasteiger partial charge in [0.2, 0.25) is 11.8 Å². The topological polar surface area (TPSA) is 79.3 Å². The third-order valence-electron chi connectivity index (χ3n) is 5.55. The van der Waals surface area contributed by atoms with Crippen molar-refractivity contribution in [1.29, 1.82) is 0 Å². The maximum atomic E-state index is 13.1. The number of nitrogens with one attached hydrogen (secondary N) is 2. The zero-order valence-electron chi connectivity index (χ0n) is 15.8. The van der Waals surface area contributed by atoms with E-state index in [9.17, 15) is 9.59 Å². The highest BCUT2D eigenvalue weighted by atomic mass is 35.5. The first-order chi connectivity index (χ1) is 13.2. The highest BCUT2D eigenvalue weighted by molar-refractivity contribution is 5.95. The fraction of sp³-hybridized carbons (Fsp3) is 0.450. The molecular formula is C20H26ClN5O2. The Morgan fingerprint density at radius 1 is 1.25 bits per heavy atom. The van der Waals surface area contributed by atoms with Gasteiger partial charge in [-0.05, 0) is 56.1 Å². The number of aromatic nitrogens is 2. The van der Waals surface area contributed by atoms with Crippen molar-refractivity contribution >= 4 is 29.9 Å². The van der Waals surface area contributed by atoms with E-state index in [2.05, 4.69) is 15.7 Å². The van der Waals surface area contributed by atoms with E-state index in [4.69, 9.17) is 0 Å². The summed E-state index contributed by atoms with van der Waals surface area (Å²) >= 11 is 0. The van der Waals surface area contributed by atoms with Crippen molar-refractivity contribution in [3.63, 3.8) is 0 Å². The standard InChI is InChI=1S/C20H25N5O2.ClH/c26-18-6-2-12-24(18)17-5-1-4-16(14-17)15-22-19(27)20(7-10-21-11-8-20)25-13-3-9-23-25;/h1,3-5,9,13-14,21H,2,6-8,10-12,15H2,(H,22,27);1H. The molecule has 0 atom stereocenters. The fourth-order valence-corrected chi connectivity index (χ4v) is 4.02. The molecule has 28 heavy (non-hydrogen) atoms. The molecule has 2 aliphatic heterocycles. The number of hydrogen-bond donors (Lipinski definition) is 2. The number of rotatable bonds is 5. The van der Waals surface area contributed by atoms with Crippen LogP contribution < -0.4 is 15.5 Å². The molecule has 0 radical (unpaired) electrons. The minimum Gasteiger partial charge on any atom is -0.350 e. The van der Waals surface area contributed by atoms with Crippen LogP contribution >= 0.6 is 12.4 Å². The average molecular weight is 404 g/mol. The van der Waals surface area contributed by atoms with Crippen LogP contribution in [0.25, 0.3) is 0 Å². The zero-order chi connectivity index (χ0) is 18.7. The second-order valence-electron chi connectivity index (χ2n) is 7.23. The van der Waals surface area contributed by atoms with Gasteiger partial charge in [0, 0.05) is 37.6 Å². The number of piperidine rings is 1. The Bertz CT molecular complexity index is 818. The lowest BCUT2D eigenvalue weighted by atomic mass is 9.87. The highest BCUT2D eigenvalue weighted by Crippen LogP contribution is 2.27. The summed E-state index contributed by atoms with van der Waals surface area (Å²) in [7, 11) is 0. The molecule has 1 aromatic carbocycles. The summed E-state index contributed by atoms with van der Waals surface area (Å²) in [5.74, 6) is 0.166. The number of halogens is 1. The summed E-state index contributed by atoms with van der Waals surface area (Å²) in [5.41, 5.74) is 1.26. The molecule has 1 aromatic heterocycles. The Morgan fingerprint density at radius 2 is 2.07 bits per heavy atom. The van der Waals surface area contributed by atoms with Crippen LogP contribution in [-0.2, 0) is 21.7 Å². The monoisotopic (exact) mass is 403 g/mol. The van der Waals surface area contributed by atoms with E-state index in [1.807, 2.05) is 41.4 Å². The van der Waals surface area contributed by atoms with Gasteiger partial charge in [0.25, 0.3) is 0 Å². The molecule has 2 saturated heterocycles. The van der Waals surface area contributed by atoms with Gasteiger partial charge in [-0.3, -0.25) is 14.3 Å². The molecule has 0 spiro atoms. The van der Waals surface area contributed by atoms with Gasteiger partial charge in [0.15, 0.2) is 0 Å². The summed E-state index contributed by atoms with van der Waals surface area (Å²) in [6, 6.07) is 9.72. The van der Waals surface area contributed by atoms with Crippen LogP contribution in [0.3, 0.4) is 0 Å². The predicted molar refractivity (Wildman–Crippen MR) is 109 cm³/mol. The molecule has 3 heterocycles. The van der Waals surface area contributed by atoms with E-state index in [0.717, 1.165) is 37.3 Å². The molecule has 7 nitrogen and oxygen atoms in total. The third kappa shape index (κ3) is 3.91. The molecule has 4 rings (SSSR count). The normalized spacial score (nSPS) is 18.6. The van der Waals surface area contributed by atoms with E-state index in [-0.39, 0.29) is 24.2 Å². The predicted octanol–water partition coefficient (Wildman–Crippen LogP) is 1.83. The smallest absolute Gasteiger partial charge is 0.248 e. The Balaban J connectivity index is 0.00000225. The van der Waals surface area contributed by atoms with Crippen LogP contribution in [0.2, 0.25) is 0 Å². The van der Waals surface area contributed by atoms with Crippen LogP contribution in [0, 0.1) is 0 Å². The van der Waals surface area contributed by atoms with Crippen molar-refractivity contribution in [1.82, 2.24) is 20.4 Å². The van der Waals surface area contributed by atoms with Crippen molar-refractivity contribution in [2.75, 3.05) is 24.5 Å². The number of amides is 2. The van der Waals surface area contributed by atoms with Crippen molar-refractivity contribution < 1.29 is 9.59 Å². The molecule has 2 amide bonds. The van der Waals surface area contributed by atoms with Gasteiger partial charge >= 0.3 is 0 Å². The first kappa shape index (κ1) is 20.4. The van der Waals surface area contributed by atoms with E-state index >= 15 is 0 Å². The van der Waals surface area contributed by atoms with Crippen LogP contribution in [0.15, 0.2) is 42.7 Å². The quantitative estimate of drug-likeness (QED) is 0.798. The lowest BCUT2D eigenvalue weighted by Gasteiger charge is -2.36. The molecule has 0 unspecified atom stereocenters. The molecule has 150 valence electrons. The number of carbonyl (C=O) groups is 2. The first-order valence-corrected chi connectivity index (χ1v) is 9.57. The fourth-order valence-electron chi connectivity index (χ4n) is 4.02. The van der Waals surface area contributed by atoms with Gasteiger partial charge < -0.3 is 15.5 Å². The highest BCUT2D eigenvalue weighted by Gasteiger charge is 2.41. The van der Waals surface area contributed by atoms with Gasteiger partial charge in [-0.25, -0.2) is 0 Å². The number of nitrogens with zero attached hydrogens (tertiary/aromatic N) is 3. The summed E-state index contributed by atoms with van der Waals surface area (Å²) in [4.78, 5) is 26.9. The minimum absolute atomic E-state index is 0. The largest absolute Gasteiger partial charge is 0.350 e. The van der Waals surface area contributed by atoms with Gasteiger partial charge in [-0.15, -0.1) is 12.4 Å². The average Bonchev–Trinajstić information content (AvgIpc) is 3.39. The lowest BCUT2D eigenvalue weighted by molar-refractivity contribution is -0.132. The molecular weight excluding hydrogens is 378 g/mol. The summed E-state index contributed by atoms with van der Waals surface area (Å²) < 4.78 is 1.79. The van der Waals surface area contributed by atoms with E-state index in [1.165, 1.54) is 0 Å².